The number of carbonyl (C=O) groups excluding carboxylic acids is 2. The van der Waals surface area contributed by atoms with Crippen molar-refractivity contribution < 1.29 is 22.7 Å². The molecule has 0 saturated carbocycles. The number of esters is 1. The molecule has 0 aliphatic rings. The van der Waals surface area contributed by atoms with Crippen LogP contribution in [0.15, 0.2) is 65.2 Å². The Hall–Kier alpha value is -3.68. The molecule has 162 valence electrons. The molecule has 0 aliphatic heterocycles. The van der Waals surface area contributed by atoms with Gasteiger partial charge < -0.3 is 15.4 Å². The number of para-hydroxylation sites is 1. The topological polar surface area (TPSA) is 151 Å². The fourth-order valence-corrected chi connectivity index (χ4v) is 2.91. The number of sulfonamides is 1. The summed E-state index contributed by atoms with van der Waals surface area (Å²) in [4.78, 5) is 24.5. The first-order valence-corrected chi connectivity index (χ1v) is 10.9. The van der Waals surface area contributed by atoms with Crippen molar-refractivity contribution in [3.8, 4) is 6.07 Å². The first-order valence-electron chi connectivity index (χ1n) is 9.33. The maximum Gasteiger partial charge on any atom is 0.340 e. The van der Waals surface area contributed by atoms with Gasteiger partial charge in [-0.15, -0.1) is 0 Å². The second-order valence-electron chi connectivity index (χ2n) is 6.37. The third kappa shape index (κ3) is 6.95. The van der Waals surface area contributed by atoms with Gasteiger partial charge in [0.05, 0.1) is 22.8 Å². The van der Waals surface area contributed by atoms with Gasteiger partial charge in [-0.05, 0) is 42.8 Å². The molecule has 10 heteroatoms. The monoisotopic (exact) mass is 442 g/mol. The molecule has 31 heavy (non-hydrogen) atoms. The van der Waals surface area contributed by atoms with Crippen LogP contribution >= 0.6 is 0 Å². The SMILES string of the molecule is CCCCOC(=O)c1ccccc1N/C=C(/C#N)C(=O)Nc1ccc(S(N)(=O)=O)cc1. The molecule has 2 aromatic carbocycles. The summed E-state index contributed by atoms with van der Waals surface area (Å²) in [5.74, 6) is -1.23. The molecular weight excluding hydrogens is 420 g/mol. The van der Waals surface area contributed by atoms with Gasteiger partial charge in [0.1, 0.15) is 11.6 Å². The smallest absolute Gasteiger partial charge is 0.340 e. The average Bonchev–Trinajstić information content (AvgIpc) is 2.74. The van der Waals surface area contributed by atoms with E-state index in [-0.39, 0.29) is 21.7 Å². The normalized spacial score (nSPS) is 11.3. The fraction of sp³-hybridized carbons (Fsp3) is 0.190. The van der Waals surface area contributed by atoms with Gasteiger partial charge in [0.2, 0.25) is 10.0 Å². The van der Waals surface area contributed by atoms with Crippen molar-refractivity contribution in [1.29, 1.82) is 5.26 Å². The number of unbranched alkanes of at least 4 members (excludes halogenated alkanes) is 1. The van der Waals surface area contributed by atoms with E-state index >= 15 is 0 Å². The minimum Gasteiger partial charge on any atom is -0.462 e. The molecule has 9 nitrogen and oxygen atoms in total. The van der Waals surface area contributed by atoms with E-state index in [1.54, 1.807) is 30.3 Å². The number of primary sulfonamides is 1. The van der Waals surface area contributed by atoms with E-state index in [1.807, 2.05) is 6.92 Å². The van der Waals surface area contributed by atoms with Crippen LogP contribution in [0.4, 0.5) is 11.4 Å². The lowest BCUT2D eigenvalue weighted by molar-refractivity contribution is -0.112. The number of benzene rings is 2. The summed E-state index contributed by atoms with van der Waals surface area (Å²) >= 11 is 0. The van der Waals surface area contributed by atoms with Crippen LogP contribution in [0.1, 0.15) is 30.1 Å². The Kier molecular flexibility index (Phi) is 8.31. The maximum atomic E-state index is 12.4. The van der Waals surface area contributed by atoms with Gasteiger partial charge in [0, 0.05) is 11.9 Å². The van der Waals surface area contributed by atoms with Crippen molar-refractivity contribution in [2.24, 2.45) is 5.14 Å². The first-order chi connectivity index (χ1) is 14.8. The lowest BCUT2D eigenvalue weighted by atomic mass is 10.1. The fourth-order valence-electron chi connectivity index (χ4n) is 2.40. The van der Waals surface area contributed by atoms with Crippen molar-refractivity contribution in [3.05, 3.63) is 65.9 Å². The maximum absolute atomic E-state index is 12.4. The zero-order chi connectivity index (χ0) is 22.9. The average molecular weight is 442 g/mol. The molecule has 0 unspecified atom stereocenters. The third-order valence-corrected chi connectivity index (χ3v) is 4.99. The lowest BCUT2D eigenvalue weighted by Gasteiger charge is -2.10. The number of anilines is 2. The van der Waals surface area contributed by atoms with Gasteiger partial charge in [0.25, 0.3) is 5.91 Å². The zero-order valence-electron chi connectivity index (χ0n) is 16.8. The number of hydrogen-bond acceptors (Lipinski definition) is 7. The highest BCUT2D eigenvalue weighted by Crippen LogP contribution is 2.18. The van der Waals surface area contributed by atoms with Crippen LogP contribution in [0.3, 0.4) is 0 Å². The molecule has 1 amide bonds. The van der Waals surface area contributed by atoms with E-state index in [0.717, 1.165) is 12.8 Å². The molecule has 2 rings (SSSR count). The number of carbonyl (C=O) groups is 2. The van der Waals surface area contributed by atoms with E-state index in [9.17, 15) is 23.3 Å². The molecule has 0 aliphatic carbocycles. The molecule has 0 saturated heterocycles. The van der Waals surface area contributed by atoms with Crippen LogP contribution in [0.2, 0.25) is 0 Å². The molecule has 0 fully saturated rings. The number of nitrogens with one attached hydrogen (secondary N) is 2. The van der Waals surface area contributed by atoms with Crippen molar-refractivity contribution in [3.63, 3.8) is 0 Å². The van der Waals surface area contributed by atoms with Crippen LogP contribution in [-0.2, 0) is 19.6 Å². The quantitative estimate of drug-likeness (QED) is 0.234. The summed E-state index contributed by atoms with van der Waals surface area (Å²) in [7, 11) is -3.85. The molecule has 4 N–H and O–H groups in total. The Balaban J connectivity index is 2.11. The Morgan fingerprint density at radius 1 is 1.16 bits per heavy atom. The van der Waals surface area contributed by atoms with Crippen molar-refractivity contribution in [2.45, 2.75) is 24.7 Å². The van der Waals surface area contributed by atoms with Crippen LogP contribution in [0.5, 0.6) is 0 Å². The molecule has 0 heterocycles. The number of nitrogens with zero attached hydrogens (tertiary/aromatic N) is 1. The van der Waals surface area contributed by atoms with Crippen LogP contribution < -0.4 is 15.8 Å². The predicted molar refractivity (Wildman–Crippen MR) is 115 cm³/mol. The highest BCUT2D eigenvalue weighted by Gasteiger charge is 2.14. The van der Waals surface area contributed by atoms with Gasteiger partial charge >= 0.3 is 5.97 Å². The molecule has 2 aromatic rings. The number of rotatable bonds is 9. The van der Waals surface area contributed by atoms with Crippen LogP contribution in [-0.4, -0.2) is 26.9 Å². The van der Waals surface area contributed by atoms with Gasteiger partial charge in [-0.2, -0.15) is 5.26 Å². The Morgan fingerprint density at radius 3 is 2.45 bits per heavy atom. The minimum atomic E-state index is -3.85. The predicted octanol–water partition coefficient (Wildman–Crippen LogP) is 2.75. The number of amides is 1. The summed E-state index contributed by atoms with van der Waals surface area (Å²) in [5.41, 5.74) is 0.663. The first kappa shape index (κ1) is 23.6. The number of nitriles is 1. The number of ether oxygens (including phenoxy) is 1. The second kappa shape index (κ2) is 10.9. The van der Waals surface area contributed by atoms with E-state index < -0.39 is 21.9 Å². The largest absolute Gasteiger partial charge is 0.462 e. The van der Waals surface area contributed by atoms with Crippen LogP contribution in [0, 0.1) is 11.3 Å². The molecule has 0 radical (unpaired) electrons. The summed E-state index contributed by atoms with van der Waals surface area (Å²) < 4.78 is 27.8. The van der Waals surface area contributed by atoms with Gasteiger partial charge in [-0.1, -0.05) is 25.5 Å². The van der Waals surface area contributed by atoms with Crippen molar-refractivity contribution in [2.75, 3.05) is 17.2 Å². The summed E-state index contributed by atoms with van der Waals surface area (Å²) in [6.45, 7) is 2.28. The van der Waals surface area contributed by atoms with E-state index in [1.165, 1.54) is 30.5 Å². The minimum absolute atomic E-state index is 0.106. The van der Waals surface area contributed by atoms with Crippen molar-refractivity contribution in [1.82, 2.24) is 0 Å². The number of hydrogen-bond donors (Lipinski definition) is 3. The zero-order valence-corrected chi connectivity index (χ0v) is 17.6. The molecule has 0 aromatic heterocycles. The van der Waals surface area contributed by atoms with Crippen LogP contribution in [0.25, 0.3) is 0 Å². The molecule has 0 bridgehead atoms. The Morgan fingerprint density at radius 2 is 1.84 bits per heavy atom. The van der Waals surface area contributed by atoms with E-state index in [0.29, 0.717) is 12.3 Å². The Labute approximate surface area is 180 Å². The summed E-state index contributed by atoms with van der Waals surface area (Å²) in [6, 6.07) is 13.5. The highest BCUT2D eigenvalue weighted by molar-refractivity contribution is 7.89. The van der Waals surface area contributed by atoms with Gasteiger partial charge in [-0.25, -0.2) is 18.4 Å². The second-order valence-corrected chi connectivity index (χ2v) is 7.93. The van der Waals surface area contributed by atoms with E-state index in [4.69, 9.17) is 9.88 Å². The van der Waals surface area contributed by atoms with Gasteiger partial charge in [0.15, 0.2) is 0 Å². The lowest BCUT2D eigenvalue weighted by Crippen LogP contribution is -2.16. The Bertz CT molecular complexity index is 1120. The highest BCUT2D eigenvalue weighted by atomic mass is 32.2. The number of nitrogens with two attached hydrogens (primary N) is 1. The van der Waals surface area contributed by atoms with E-state index in [2.05, 4.69) is 10.6 Å². The van der Waals surface area contributed by atoms with Gasteiger partial charge in [-0.3, -0.25) is 4.79 Å². The summed E-state index contributed by atoms with van der Waals surface area (Å²) in [6.07, 6.45) is 2.81. The third-order valence-electron chi connectivity index (χ3n) is 4.06. The molecule has 0 spiro atoms. The standard InChI is InChI=1S/C21H22N4O5S/c1-2-3-12-30-21(27)18-6-4-5-7-19(18)24-14-15(13-22)20(26)25-16-8-10-17(11-9-16)31(23,28)29/h4-11,14,24H,2-3,12H2,1H3,(H,25,26)(H2,23,28,29)/b15-14-. The summed E-state index contributed by atoms with van der Waals surface area (Å²) in [5, 5.41) is 19.6. The molecule has 0 atom stereocenters. The molecular formula is C21H22N4O5S. The van der Waals surface area contributed by atoms with Crippen molar-refractivity contribution >= 4 is 33.3 Å².